The van der Waals surface area contributed by atoms with E-state index in [0.717, 1.165) is 61.4 Å². The summed E-state index contributed by atoms with van der Waals surface area (Å²) in [7, 11) is 0. The number of hydrogen-bond acceptors (Lipinski definition) is 4. The van der Waals surface area contributed by atoms with Crippen LogP contribution in [0.4, 0.5) is 0 Å². The number of imidazole rings is 1. The average molecular weight is 415 g/mol. The number of rotatable bonds is 10. The second kappa shape index (κ2) is 10.7. The Bertz CT molecular complexity index is 860. The molecular formula is C24H38N4O2. The fourth-order valence-corrected chi connectivity index (χ4v) is 4.13. The Morgan fingerprint density at radius 1 is 1.30 bits per heavy atom. The van der Waals surface area contributed by atoms with Crippen LogP contribution in [0.2, 0.25) is 0 Å². The first kappa shape index (κ1) is 24.1. The Balaban J connectivity index is 2.36. The highest BCUT2D eigenvalue weighted by Crippen LogP contribution is 2.28. The predicted molar refractivity (Wildman–Crippen MR) is 123 cm³/mol. The van der Waals surface area contributed by atoms with Gasteiger partial charge >= 0.3 is 0 Å². The second-order valence-electron chi connectivity index (χ2n) is 9.34. The highest BCUT2D eigenvalue weighted by molar-refractivity contribution is 5.91. The van der Waals surface area contributed by atoms with Gasteiger partial charge in [0, 0.05) is 25.6 Å². The number of aromatic nitrogens is 2. The van der Waals surface area contributed by atoms with Gasteiger partial charge in [-0.2, -0.15) is 0 Å². The Morgan fingerprint density at radius 2 is 2.00 bits per heavy atom. The molecule has 166 valence electrons. The number of benzene rings is 1. The van der Waals surface area contributed by atoms with Gasteiger partial charge in [0.2, 0.25) is 0 Å². The smallest absolute Gasteiger partial charge is 0.267 e. The van der Waals surface area contributed by atoms with Crippen LogP contribution in [-0.4, -0.2) is 45.2 Å². The molecule has 1 atom stereocenters. The van der Waals surface area contributed by atoms with Crippen molar-refractivity contribution >= 4 is 23.0 Å². The zero-order chi connectivity index (χ0) is 22.3. The van der Waals surface area contributed by atoms with E-state index in [1.165, 1.54) is 6.08 Å². The number of likely N-dealkylation sites (N-methyl/N-ethyl adjacent to an activating group) is 1. The minimum atomic E-state index is -0.545. The molecule has 0 fully saturated rings. The maximum atomic E-state index is 11.3. The van der Waals surface area contributed by atoms with Gasteiger partial charge in [-0.25, -0.2) is 10.5 Å². The molecular weight excluding hydrogens is 376 g/mol. The number of hydrogen-bond donors (Lipinski definition) is 2. The summed E-state index contributed by atoms with van der Waals surface area (Å²) >= 11 is 0. The minimum absolute atomic E-state index is 0.294. The average Bonchev–Trinajstić information content (AvgIpc) is 3.01. The van der Waals surface area contributed by atoms with E-state index in [1.54, 1.807) is 11.6 Å². The van der Waals surface area contributed by atoms with Crippen molar-refractivity contribution in [3.8, 4) is 0 Å². The lowest BCUT2D eigenvalue weighted by molar-refractivity contribution is -0.124. The molecule has 2 aromatic rings. The summed E-state index contributed by atoms with van der Waals surface area (Å²) in [4.78, 5) is 18.7. The van der Waals surface area contributed by atoms with E-state index in [0.29, 0.717) is 11.3 Å². The minimum Gasteiger partial charge on any atom is -0.327 e. The molecule has 0 aliphatic carbocycles. The van der Waals surface area contributed by atoms with Crippen LogP contribution in [0.3, 0.4) is 0 Å². The molecule has 0 aliphatic rings. The molecule has 1 aromatic heterocycles. The van der Waals surface area contributed by atoms with E-state index in [2.05, 4.69) is 57.1 Å². The van der Waals surface area contributed by atoms with Crippen molar-refractivity contribution in [3.05, 3.63) is 35.7 Å². The van der Waals surface area contributed by atoms with Gasteiger partial charge in [-0.1, -0.05) is 47.6 Å². The first-order valence-corrected chi connectivity index (χ1v) is 11.0. The Morgan fingerprint density at radius 3 is 2.60 bits per heavy atom. The summed E-state index contributed by atoms with van der Waals surface area (Å²) in [5, 5.41) is 8.66. The molecule has 0 saturated heterocycles. The summed E-state index contributed by atoms with van der Waals surface area (Å²) in [6.07, 6.45) is 5.09. The monoisotopic (exact) mass is 414 g/mol. The van der Waals surface area contributed by atoms with Crippen molar-refractivity contribution in [2.24, 2.45) is 11.3 Å². The Labute approximate surface area is 180 Å². The van der Waals surface area contributed by atoms with Gasteiger partial charge in [0.1, 0.15) is 5.82 Å². The van der Waals surface area contributed by atoms with Crippen molar-refractivity contribution in [2.45, 2.75) is 60.9 Å². The van der Waals surface area contributed by atoms with Crippen molar-refractivity contribution in [1.29, 1.82) is 0 Å². The molecule has 1 aromatic carbocycles. The molecule has 0 bridgehead atoms. The molecule has 2 N–H and O–H groups in total. The van der Waals surface area contributed by atoms with Crippen LogP contribution < -0.4 is 5.48 Å². The van der Waals surface area contributed by atoms with Gasteiger partial charge in [0.05, 0.1) is 11.0 Å². The molecule has 2 rings (SSSR count). The second-order valence-corrected chi connectivity index (χ2v) is 9.34. The lowest BCUT2D eigenvalue weighted by atomic mass is 9.84. The number of nitrogens with zero attached hydrogens (tertiary/aromatic N) is 3. The topological polar surface area (TPSA) is 70.4 Å². The van der Waals surface area contributed by atoms with Crippen LogP contribution in [-0.2, 0) is 17.8 Å². The molecule has 6 nitrogen and oxygen atoms in total. The number of fused-ring (bicyclic) bond motifs is 1. The third-order valence-corrected chi connectivity index (χ3v) is 5.41. The van der Waals surface area contributed by atoms with Crippen LogP contribution in [0.5, 0.6) is 0 Å². The molecule has 1 heterocycles. The number of amides is 1. The number of hydroxylamine groups is 1. The van der Waals surface area contributed by atoms with E-state index in [4.69, 9.17) is 10.2 Å². The summed E-state index contributed by atoms with van der Waals surface area (Å²) in [6, 6.07) is 6.07. The summed E-state index contributed by atoms with van der Waals surface area (Å²) in [6.45, 7) is 17.6. The molecule has 0 spiro atoms. The first-order valence-electron chi connectivity index (χ1n) is 11.0. The highest BCUT2D eigenvalue weighted by atomic mass is 16.5. The fourth-order valence-electron chi connectivity index (χ4n) is 4.13. The van der Waals surface area contributed by atoms with Crippen molar-refractivity contribution < 1.29 is 10.0 Å². The van der Waals surface area contributed by atoms with Gasteiger partial charge in [-0.3, -0.25) is 10.0 Å². The third-order valence-electron chi connectivity index (χ3n) is 5.41. The van der Waals surface area contributed by atoms with Crippen LogP contribution in [0, 0.1) is 11.3 Å². The van der Waals surface area contributed by atoms with Crippen LogP contribution in [0.25, 0.3) is 17.1 Å². The maximum absolute atomic E-state index is 11.3. The highest BCUT2D eigenvalue weighted by Gasteiger charge is 2.19. The molecule has 0 saturated carbocycles. The summed E-state index contributed by atoms with van der Waals surface area (Å²) in [5.74, 6) is 1.13. The SMILES string of the molecule is CCN(CC)CCn1c(CC(C)CC(C)(C)C)nc2cc(C=CC(=O)NO)ccc21. The van der Waals surface area contributed by atoms with Crippen LogP contribution >= 0.6 is 0 Å². The normalized spacial score (nSPS) is 13.5. The zero-order valence-electron chi connectivity index (χ0n) is 19.4. The lowest BCUT2D eigenvalue weighted by Crippen LogP contribution is -2.27. The van der Waals surface area contributed by atoms with Crippen LogP contribution in [0.15, 0.2) is 24.3 Å². The quantitative estimate of drug-likeness (QED) is 0.341. The maximum Gasteiger partial charge on any atom is 0.267 e. The molecule has 1 unspecified atom stereocenters. The van der Waals surface area contributed by atoms with Crippen molar-refractivity contribution in [2.75, 3.05) is 19.6 Å². The van der Waals surface area contributed by atoms with E-state index in [-0.39, 0.29) is 0 Å². The number of carbonyl (C=O) groups is 1. The number of carbonyl (C=O) groups excluding carboxylic acids is 1. The summed E-state index contributed by atoms with van der Waals surface area (Å²) < 4.78 is 2.36. The Hall–Kier alpha value is -2.18. The fraction of sp³-hybridized carbons (Fsp3) is 0.583. The standard InChI is InChI=1S/C24H38N4O2/c1-7-27(8-2)13-14-28-21-11-9-19(10-12-23(29)26-30)16-20(21)25-22(28)15-18(3)17-24(4,5)6/h9-12,16,18,30H,7-8,13-15,17H2,1-6H3,(H,26,29). The largest absolute Gasteiger partial charge is 0.327 e. The van der Waals surface area contributed by atoms with Gasteiger partial charge in [-0.15, -0.1) is 0 Å². The summed E-state index contributed by atoms with van der Waals surface area (Å²) in [5.41, 5.74) is 4.86. The van der Waals surface area contributed by atoms with E-state index < -0.39 is 5.91 Å². The molecule has 6 heteroatoms. The Kier molecular flexibility index (Phi) is 8.62. The van der Waals surface area contributed by atoms with Gasteiger partial charge in [0.25, 0.3) is 5.91 Å². The first-order chi connectivity index (χ1) is 14.2. The molecule has 30 heavy (non-hydrogen) atoms. The third kappa shape index (κ3) is 6.96. The molecule has 0 aliphatic heterocycles. The van der Waals surface area contributed by atoms with Crippen molar-refractivity contribution in [3.63, 3.8) is 0 Å². The van der Waals surface area contributed by atoms with E-state index in [9.17, 15) is 4.79 Å². The lowest BCUT2D eigenvalue weighted by Gasteiger charge is -2.24. The van der Waals surface area contributed by atoms with Gasteiger partial charge in [0.15, 0.2) is 0 Å². The van der Waals surface area contributed by atoms with E-state index in [1.807, 2.05) is 12.1 Å². The van der Waals surface area contributed by atoms with Crippen LogP contribution in [0.1, 0.15) is 59.4 Å². The number of nitrogens with one attached hydrogen (secondary N) is 1. The van der Waals surface area contributed by atoms with E-state index >= 15 is 0 Å². The van der Waals surface area contributed by atoms with Crippen molar-refractivity contribution in [1.82, 2.24) is 19.9 Å². The van der Waals surface area contributed by atoms with Gasteiger partial charge in [-0.05, 0) is 54.6 Å². The zero-order valence-corrected chi connectivity index (χ0v) is 19.4. The van der Waals surface area contributed by atoms with Gasteiger partial charge < -0.3 is 9.47 Å². The molecule has 0 radical (unpaired) electrons. The molecule has 1 amide bonds. The predicted octanol–water partition coefficient (Wildman–Crippen LogP) is 4.51.